The zero-order chi connectivity index (χ0) is 14.6. The van der Waals surface area contributed by atoms with Gasteiger partial charge in [-0.2, -0.15) is 0 Å². The van der Waals surface area contributed by atoms with Gasteiger partial charge in [-0.3, -0.25) is 0 Å². The molecule has 0 saturated carbocycles. The van der Waals surface area contributed by atoms with Crippen molar-refractivity contribution in [2.24, 2.45) is 0 Å². The number of nitrogens with one attached hydrogen (secondary N) is 1. The Balaban J connectivity index is 1.86. The summed E-state index contributed by atoms with van der Waals surface area (Å²) in [6.45, 7) is 6.11. The predicted octanol–water partition coefficient (Wildman–Crippen LogP) is 2.95. The molecule has 1 aromatic carbocycles. The number of hydrogen-bond donors (Lipinski definition) is 1. The van der Waals surface area contributed by atoms with Crippen molar-refractivity contribution < 1.29 is 19.0 Å². The summed E-state index contributed by atoms with van der Waals surface area (Å²) < 4.78 is 15.8. The minimum absolute atomic E-state index is 0.246. The molecule has 0 atom stereocenters. The van der Waals surface area contributed by atoms with E-state index in [4.69, 9.17) is 14.2 Å². The van der Waals surface area contributed by atoms with Crippen molar-refractivity contribution in [3.8, 4) is 11.5 Å². The van der Waals surface area contributed by atoms with Crippen molar-refractivity contribution in [3.63, 3.8) is 0 Å². The highest BCUT2D eigenvalue weighted by Gasteiger charge is 2.16. The van der Waals surface area contributed by atoms with Gasteiger partial charge in [0.2, 0.25) is 6.79 Å². The van der Waals surface area contributed by atoms with Crippen LogP contribution in [0.25, 0.3) is 6.08 Å². The Morgan fingerprint density at radius 1 is 1.40 bits per heavy atom. The van der Waals surface area contributed by atoms with Crippen LogP contribution in [-0.2, 0) is 4.74 Å². The van der Waals surface area contributed by atoms with E-state index in [1.165, 1.54) is 0 Å². The van der Waals surface area contributed by atoms with Crippen molar-refractivity contribution in [1.29, 1.82) is 0 Å². The van der Waals surface area contributed by atoms with Gasteiger partial charge in [-0.25, -0.2) is 4.79 Å². The Morgan fingerprint density at radius 2 is 2.20 bits per heavy atom. The van der Waals surface area contributed by atoms with E-state index in [9.17, 15) is 4.79 Å². The standard InChI is InChI=1S/C15H19NO4/c1-15(2,3)20-14(17)16-9-5-7-11-6-4-8-12-13(11)19-10-18-12/h4-8H,9-10H2,1-3H3,(H,16,17). The predicted molar refractivity (Wildman–Crippen MR) is 75.8 cm³/mol. The molecule has 0 aliphatic carbocycles. The van der Waals surface area contributed by atoms with Crippen LogP contribution in [0, 0.1) is 0 Å². The van der Waals surface area contributed by atoms with Gasteiger partial charge in [0.15, 0.2) is 11.5 Å². The number of hydrogen-bond acceptors (Lipinski definition) is 4. The Bertz CT molecular complexity index is 517. The molecule has 0 bridgehead atoms. The monoisotopic (exact) mass is 277 g/mol. The molecule has 0 aromatic heterocycles. The van der Waals surface area contributed by atoms with Crippen LogP contribution in [0.3, 0.4) is 0 Å². The van der Waals surface area contributed by atoms with Gasteiger partial charge >= 0.3 is 6.09 Å². The third kappa shape index (κ3) is 3.91. The van der Waals surface area contributed by atoms with Crippen molar-refractivity contribution in [1.82, 2.24) is 5.32 Å². The van der Waals surface area contributed by atoms with Gasteiger partial charge in [0.25, 0.3) is 0 Å². The molecule has 1 heterocycles. The third-order valence-corrected chi connectivity index (χ3v) is 2.49. The minimum Gasteiger partial charge on any atom is -0.454 e. The molecular weight excluding hydrogens is 258 g/mol. The van der Waals surface area contributed by atoms with Crippen LogP contribution in [0.4, 0.5) is 4.79 Å². The molecule has 1 N–H and O–H groups in total. The number of alkyl carbamates (subject to hydrolysis) is 1. The van der Waals surface area contributed by atoms with E-state index in [0.717, 1.165) is 17.1 Å². The fourth-order valence-electron chi connectivity index (χ4n) is 1.73. The van der Waals surface area contributed by atoms with Gasteiger partial charge in [0.1, 0.15) is 5.60 Å². The first-order valence-electron chi connectivity index (χ1n) is 6.48. The number of para-hydroxylation sites is 1. The molecule has 1 aliphatic heterocycles. The average Bonchev–Trinajstić information content (AvgIpc) is 2.81. The number of amides is 1. The quantitative estimate of drug-likeness (QED) is 0.923. The molecule has 1 aliphatic rings. The zero-order valence-electron chi connectivity index (χ0n) is 11.9. The number of carbonyl (C=O) groups excluding carboxylic acids is 1. The number of benzene rings is 1. The second-order valence-electron chi connectivity index (χ2n) is 5.37. The van der Waals surface area contributed by atoms with Crippen molar-refractivity contribution in [2.45, 2.75) is 26.4 Å². The lowest BCUT2D eigenvalue weighted by molar-refractivity contribution is 0.0534. The van der Waals surface area contributed by atoms with Crippen molar-refractivity contribution in [2.75, 3.05) is 13.3 Å². The molecule has 0 unspecified atom stereocenters. The largest absolute Gasteiger partial charge is 0.454 e. The van der Waals surface area contributed by atoms with Gasteiger partial charge in [0, 0.05) is 12.1 Å². The fraction of sp³-hybridized carbons (Fsp3) is 0.400. The highest BCUT2D eigenvalue weighted by molar-refractivity contribution is 5.68. The highest BCUT2D eigenvalue weighted by atomic mass is 16.7. The Hall–Kier alpha value is -2.17. The van der Waals surface area contributed by atoms with Gasteiger partial charge in [-0.05, 0) is 26.8 Å². The van der Waals surface area contributed by atoms with E-state index >= 15 is 0 Å². The van der Waals surface area contributed by atoms with Crippen LogP contribution < -0.4 is 14.8 Å². The van der Waals surface area contributed by atoms with Crippen molar-refractivity contribution >= 4 is 12.2 Å². The second kappa shape index (κ2) is 5.86. The highest BCUT2D eigenvalue weighted by Crippen LogP contribution is 2.35. The Morgan fingerprint density at radius 3 is 2.95 bits per heavy atom. The molecule has 2 rings (SSSR count). The smallest absolute Gasteiger partial charge is 0.407 e. The first-order valence-corrected chi connectivity index (χ1v) is 6.48. The third-order valence-electron chi connectivity index (χ3n) is 2.49. The maximum Gasteiger partial charge on any atom is 0.407 e. The average molecular weight is 277 g/mol. The minimum atomic E-state index is -0.487. The topological polar surface area (TPSA) is 56.8 Å². The van der Waals surface area contributed by atoms with Gasteiger partial charge in [-0.15, -0.1) is 0 Å². The number of ether oxygens (including phenoxy) is 3. The van der Waals surface area contributed by atoms with E-state index in [0.29, 0.717) is 6.54 Å². The molecule has 1 amide bonds. The van der Waals surface area contributed by atoms with Gasteiger partial charge < -0.3 is 19.5 Å². The van der Waals surface area contributed by atoms with Crippen LogP contribution in [0.1, 0.15) is 26.3 Å². The second-order valence-corrected chi connectivity index (χ2v) is 5.37. The summed E-state index contributed by atoms with van der Waals surface area (Å²) in [7, 11) is 0. The molecule has 0 spiro atoms. The lowest BCUT2D eigenvalue weighted by Crippen LogP contribution is -2.32. The van der Waals surface area contributed by atoms with Crippen molar-refractivity contribution in [3.05, 3.63) is 29.8 Å². The summed E-state index contributed by atoms with van der Waals surface area (Å²) in [5.41, 5.74) is 0.435. The first kappa shape index (κ1) is 14.2. The van der Waals surface area contributed by atoms with E-state index < -0.39 is 11.7 Å². The van der Waals surface area contributed by atoms with Crippen LogP contribution in [0.2, 0.25) is 0 Å². The van der Waals surface area contributed by atoms with E-state index in [2.05, 4.69) is 5.32 Å². The van der Waals surface area contributed by atoms with E-state index in [1.54, 1.807) is 0 Å². The normalized spacial score (nSPS) is 13.6. The summed E-state index contributed by atoms with van der Waals surface area (Å²) in [6.07, 6.45) is 3.28. The Labute approximate surface area is 118 Å². The molecule has 5 nitrogen and oxygen atoms in total. The molecule has 1 aromatic rings. The van der Waals surface area contributed by atoms with E-state index in [-0.39, 0.29) is 6.79 Å². The van der Waals surface area contributed by atoms with Crippen LogP contribution in [-0.4, -0.2) is 25.0 Å². The summed E-state index contributed by atoms with van der Waals surface area (Å²) in [5, 5.41) is 2.66. The molecular formula is C15H19NO4. The van der Waals surface area contributed by atoms with E-state index in [1.807, 2.05) is 51.1 Å². The summed E-state index contributed by atoms with van der Waals surface area (Å²) in [5.74, 6) is 1.48. The van der Waals surface area contributed by atoms with Gasteiger partial charge in [0.05, 0.1) is 0 Å². The zero-order valence-corrected chi connectivity index (χ0v) is 11.9. The Kier molecular flexibility index (Phi) is 4.17. The fourth-order valence-corrected chi connectivity index (χ4v) is 1.73. The van der Waals surface area contributed by atoms with Crippen LogP contribution >= 0.6 is 0 Å². The molecule has 0 fully saturated rings. The molecule has 0 saturated heterocycles. The molecule has 0 radical (unpaired) electrons. The van der Waals surface area contributed by atoms with Gasteiger partial charge in [-0.1, -0.05) is 24.3 Å². The van der Waals surface area contributed by atoms with Crippen LogP contribution in [0.5, 0.6) is 11.5 Å². The maximum absolute atomic E-state index is 11.4. The summed E-state index contributed by atoms with van der Waals surface area (Å²) in [6, 6.07) is 5.69. The molecule has 108 valence electrons. The molecule has 5 heteroatoms. The maximum atomic E-state index is 11.4. The number of rotatable bonds is 3. The first-order chi connectivity index (χ1) is 9.46. The molecule has 20 heavy (non-hydrogen) atoms. The van der Waals surface area contributed by atoms with Crippen LogP contribution in [0.15, 0.2) is 24.3 Å². The number of carbonyl (C=O) groups is 1. The lowest BCUT2D eigenvalue weighted by Gasteiger charge is -2.19. The SMILES string of the molecule is CC(C)(C)OC(=O)NCC=Cc1cccc2c1OCO2. The lowest BCUT2D eigenvalue weighted by atomic mass is 10.1. The summed E-state index contributed by atoms with van der Waals surface area (Å²) in [4.78, 5) is 11.4. The summed E-state index contributed by atoms with van der Waals surface area (Å²) >= 11 is 0. The number of fused-ring (bicyclic) bond motifs is 1.